The molecule has 30 heavy (non-hydrogen) atoms. The molecule has 0 radical (unpaired) electrons. The Labute approximate surface area is 172 Å². The predicted molar refractivity (Wildman–Crippen MR) is 102 cm³/mol. The molecule has 1 heterocycles. The summed E-state index contributed by atoms with van der Waals surface area (Å²) in [5.41, 5.74) is 0.413. The summed E-state index contributed by atoms with van der Waals surface area (Å²) >= 11 is 0. The van der Waals surface area contributed by atoms with E-state index in [0.29, 0.717) is 5.69 Å². The number of hydrogen-bond donors (Lipinski definition) is 2. The molecule has 1 aromatic rings. The van der Waals surface area contributed by atoms with Crippen LogP contribution in [0, 0.1) is 5.92 Å². The van der Waals surface area contributed by atoms with Crippen LogP contribution in [0.4, 0.5) is 23.7 Å². The quantitative estimate of drug-likeness (QED) is 0.692. The second-order valence-electron chi connectivity index (χ2n) is 7.22. The number of hydrogen-bond acceptors (Lipinski definition) is 5. The van der Waals surface area contributed by atoms with Gasteiger partial charge in [-0.15, -0.1) is 0 Å². The van der Waals surface area contributed by atoms with E-state index in [2.05, 4.69) is 14.8 Å². The lowest BCUT2D eigenvalue weighted by molar-refractivity contribution is -0.162. The zero-order chi connectivity index (χ0) is 22.5. The molecule has 0 unspecified atom stereocenters. The number of nitrogens with one attached hydrogen (secondary N) is 2. The maximum Gasteiger partial charge on any atom is 0.422 e. The van der Waals surface area contributed by atoms with Gasteiger partial charge in [-0.1, -0.05) is 0 Å². The summed E-state index contributed by atoms with van der Waals surface area (Å²) in [6, 6.07) is 5.43. The number of halogens is 3. The Morgan fingerprint density at radius 1 is 1.17 bits per heavy atom. The number of rotatable bonds is 6. The molecule has 12 heteroatoms. The van der Waals surface area contributed by atoms with Crippen molar-refractivity contribution in [2.45, 2.75) is 43.8 Å². The highest BCUT2D eigenvalue weighted by molar-refractivity contribution is 7.89. The molecule has 2 amide bonds. The lowest BCUT2D eigenvalue weighted by Gasteiger charge is -2.30. The van der Waals surface area contributed by atoms with Crippen LogP contribution >= 0.6 is 0 Å². The van der Waals surface area contributed by atoms with Gasteiger partial charge in [-0.2, -0.15) is 13.2 Å². The molecule has 0 atom stereocenters. The molecule has 168 valence electrons. The van der Waals surface area contributed by atoms with Gasteiger partial charge in [-0.25, -0.2) is 17.9 Å². The van der Waals surface area contributed by atoms with E-state index in [1.54, 1.807) is 13.8 Å². The van der Waals surface area contributed by atoms with E-state index in [4.69, 9.17) is 0 Å². The van der Waals surface area contributed by atoms with Crippen LogP contribution in [0.2, 0.25) is 0 Å². The fourth-order valence-electron chi connectivity index (χ4n) is 2.90. The minimum absolute atomic E-state index is 0.0693. The fraction of sp³-hybridized carbons (Fsp3) is 0.556. The van der Waals surface area contributed by atoms with E-state index >= 15 is 0 Å². The zero-order valence-electron chi connectivity index (χ0n) is 16.5. The smallest absolute Gasteiger partial charge is 0.422 e. The average molecular weight is 451 g/mol. The van der Waals surface area contributed by atoms with Crippen molar-refractivity contribution >= 4 is 27.7 Å². The molecule has 1 aliphatic heterocycles. The van der Waals surface area contributed by atoms with E-state index in [9.17, 15) is 31.2 Å². The van der Waals surface area contributed by atoms with Crippen molar-refractivity contribution in [3.8, 4) is 0 Å². The van der Waals surface area contributed by atoms with Crippen LogP contribution in [-0.2, 0) is 19.6 Å². The first-order valence-electron chi connectivity index (χ1n) is 9.29. The van der Waals surface area contributed by atoms with Crippen molar-refractivity contribution in [2.24, 2.45) is 5.92 Å². The maximum atomic E-state index is 12.4. The van der Waals surface area contributed by atoms with Gasteiger partial charge in [0.25, 0.3) is 0 Å². The van der Waals surface area contributed by atoms with E-state index < -0.39 is 34.8 Å². The number of nitrogens with zero attached hydrogens (tertiary/aromatic N) is 1. The number of piperidine rings is 1. The summed E-state index contributed by atoms with van der Waals surface area (Å²) in [5, 5.41) is 2.68. The van der Waals surface area contributed by atoms with Crippen LogP contribution in [0.25, 0.3) is 0 Å². The van der Waals surface area contributed by atoms with Crippen molar-refractivity contribution in [3.05, 3.63) is 24.3 Å². The maximum absolute atomic E-state index is 12.4. The summed E-state index contributed by atoms with van der Waals surface area (Å²) in [4.78, 5) is 25.2. The molecule has 0 aromatic heterocycles. The number of amides is 2. The summed E-state index contributed by atoms with van der Waals surface area (Å²) < 4.78 is 67.2. The molecule has 0 aliphatic carbocycles. The Balaban J connectivity index is 1.86. The highest BCUT2D eigenvalue weighted by Crippen LogP contribution is 2.22. The van der Waals surface area contributed by atoms with E-state index in [-0.39, 0.29) is 42.8 Å². The molecule has 1 aromatic carbocycles. The summed E-state index contributed by atoms with van der Waals surface area (Å²) in [5.74, 6) is -0.739. The number of ether oxygens (including phenoxy) is 1. The molecule has 1 fully saturated rings. The Morgan fingerprint density at radius 2 is 1.73 bits per heavy atom. The molecular weight excluding hydrogens is 427 g/mol. The number of carbonyl (C=O) groups is 2. The first-order valence-corrected chi connectivity index (χ1v) is 10.8. The molecule has 8 nitrogen and oxygen atoms in total. The van der Waals surface area contributed by atoms with Gasteiger partial charge in [-0.05, 0) is 51.0 Å². The third-order valence-corrected chi connectivity index (χ3v) is 5.98. The topological polar surface area (TPSA) is 105 Å². The van der Waals surface area contributed by atoms with E-state index in [0.717, 1.165) is 4.90 Å². The van der Waals surface area contributed by atoms with Gasteiger partial charge in [0.2, 0.25) is 15.9 Å². The summed E-state index contributed by atoms with van der Waals surface area (Å²) in [6.07, 6.45) is -5.10. The number of alkyl halides is 3. The van der Waals surface area contributed by atoms with Gasteiger partial charge in [0.1, 0.15) is 0 Å². The van der Waals surface area contributed by atoms with Crippen molar-refractivity contribution < 1.29 is 35.9 Å². The minimum atomic E-state index is -4.59. The molecule has 1 saturated heterocycles. The third-order valence-electron chi connectivity index (χ3n) is 4.31. The lowest BCUT2D eigenvalue weighted by Crippen LogP contribution is -2.42. The molecule has 0 bridgehead atoms. The monoisotopic (exact) mass is 451 g/mol. The van der Waals surface area contributed by atoms with Crippen LogP contribution in [0.3, 0.4) is 0 Å². The Kier molecular flexibility index (Phi) is 7.70. The molecule has 0 saturated carbocycles. The molecule has 1 aliphatic rings. The Morgan fingerprint density at radius 3 is 2.23 bits per heavy atom. The number of benzene rings is 1. The minimum Gasteiger partial charge on any atom is -0.440 e. The van der Waals surface area contributed by atoms with Crippen molar-refractivity contribution in [1.82, 2.24) is 9.62 Å². The Hall–Kier alpha value is -2.34. The van der Waals surface area contributed by atoms with Crippen LogP contribution in [0.5, 0.6) is 0 Å². The number of anilines is 1. The van der Waals surface area contributed by atoms with Crippen LogP contribution in [0.15, 0.2) is 29.2 Å². The van der Waals surface area contributed by atoms with Gasteiger partial charge < -0.3 is 15.0 Å². The fourth-order valence-corrected chi connectivity index (χ4v) is 4.15. The molecule has 2 N–H and O–H groups in total. The second-order valence-corrected chi connectivity index (χ2v) is 8.93. The first kappa shape index (κ1) is 23.9. The van der Waals surface area contributed by atoms with Crippen molar-refractivity contribution in [1.29, 1.82) is 0 Å². The van der Waals surface area contributed by atoms with Crippen LogP contribution < -0.4 is 10.0 Å². The first-order chi connectivity index (χ1) is 13.9. The number of sulfonamides is 1. The standard InChI is InChI=1S/C18H24F3N3O5S/c1-12(2)23-30(27,28)15-5-3-14(4-6-15)22-16(25)13-7-9-24(10-8-13)17(26)29-11-18(19,20)21/h3-6,12-13,23H,7-11H2,1-2H3,(H,22,25). The predicted octanol–water partition coefficient (Wildman–Crippen LogP) is 2.72. The zero-order valence-corrected chi connectivity index (χ0v) is 17.3. The van der Waals surface area contributed by atoms with E-state index in [1.165, 1.54) is 24.3 Å². The largest absolute Gasteiger partial charge is 0.440 e. The average Bonchev–Trinajstić information content (AvgIpc) is 2.65. The molecule has 2 rings (SSSR count). The van der Waals surface area contributed by atoms with Crippen molar-refractivity contribution in [3.63, 3.8) is 0 Å². The number of carbonyl (C=O) groups excluding carboxylic acids is 2. The lowest BCUT2D eigenvalue weighted by atomic mass is 9.96. The van der Waals surface area contributed by atoms with Gasteiger partial charge in [0.05, 0.1) is 4.90 Å². The van der Waals surface area contributed by atoms with Crippen LogP contribution in [0.1, 0.15) is 26.7 Å². The van der Waals surface area contributed by atoms with Crippen LogP contribution in [-0.4, -0.2) is 57.2 Å². The third kappa shape index (κ3) is 7.17. The summed E-state index contributed by atoms with van der Waals surface area (Å²) in [6.45, 7) is 1.96. The highest BCUT2D eigenvalue weighted by atomic mass is 32.2. The normalized spacial score (nSPS) is 15.9. The molecule has 0 spiro atoms. The summed E-state index contributed by atoms with van der Waals surface area (Å²) in [7, 11) is -3.64. The highest BCUT2D eigenvalue weighted by Gasteiger charge is 2.33. The van der Waals surface area contributed by atoms with Gasteiger partial charge in [0, 0.05) is 30.7 Å². The molecular formula is C18H24F3N3O5S. The number of likely N-dealkylation sites (tertiary alicyclic amines) is 1. The van der Waals surface area contributed by atoms with Gasteiger partial charge >= 0.3 is 12.3 Å². The van der Waals surface area contributed by atoms with Crippen molar-refractivity contribution in [2.75, 3.05) is 25.0 Å². The second kappa shape index (κ2) is 9.65. The van der Waals surface area contributed by atoms with Gasteiger partial charge in [0.15, 0.2) is 6.61 Å². The Bertz CT molecular complexity index is 849. The SMILES string of the molecule is CC(C)NS(=O)(=O)c1ccc(NC(=O)C2CCN(C(=O)OCC(F)(F)F)CC2)cc1. The van der Waals surface area contributed by atoms with E-state index in [1.807, 2.05) is 0 Å². The van der Waals surface area contributed by atoms with Gasteiger partial charge in [-0.3, -0.25) is 4.79 Å².